The van der Waals surface area contributed by atoms with Gasteiger partial charge in [0.15, 0.2) is 0 Å². The molecule has 4 nitrogen and oxygen atoms in total. The van der Waals surface area contributed by atoms with Crippen LogP contribution in [0.1, 0.15) is 12.0 Å². The van der Waals surface area contributed by atoms with Crippen molar-refractivity contribution in [3.05, 3.63) is 29.8 Å². The summed E-state index contributed by atoms with van der Waals surface area (Å²) in [6.07, 6.45) is -3.47. The van der Waals surface area contributed by atoms with Gasteiger partial charge in [-0.05, 0) is 19.0 Å². The Morgan fingerprint density at radius 1 is 1.08 bits per heavy atom. The second-order valence-electron chi connectivity index (χ2n) is 6.11. The molecule has 144 valence electrons. The first-order chi connectivity index (χ1) is 11.0. The summed E-state index contributed by atoms with van der Waals surface area (Å²) in [5, 5.41) is 3.37. The fraction of sp³-hybridized carbons (Fsp3) is 0.625. The van der Waals surface area contributed by atoms with Gasteiger partial charge in [-0.2, -0.15) is 0 Å². The molecule has 0 radical (unpaired) electrons. The lowest BCUT2D eigenvalue weighted by atomic mass is 10.1. The molecule has 2 heterocycles. The summed E-state index contributed by atoms with van der Waals surface area (Å²) in [5.41, 5.74) is 0.584. The summed E-state index contributed by atoms with van der Waals surface area (Å²) in [5.74, 6) is -0.0950. The fourth-order valence-electron chi connectivity index (χ4n) is 3.34. The van der Waals surface area contributed by atoms with Crippen LogP contribution in [0.3, 0.4) is 0 Å². The maximum Gasteiger partial charge on any atom is 0.573 e. The predicted octanol–water partition coefficient (Wildman–Crippen LogP) is 2.91. The Morgan fingerprint density at radius 3 is 2.36 bits per heavy atom. The molecule has 2 saturated heterocycles. The number of rotatable bonds is 4. The van der Waals surface area contributed by atoms with Crippen LogP contribution in [-0.4, -0.2) is 61.5 Å². The standard InChI is InChI=1S/C16H22F3N3O.2ClH/c17-16(18,19)23-15-4-2-1-3-13(15)12-21-7-9-22(10-8-21)14-5-6-20-11-14;;/h1-4,14,20H,5-12H2;2*1H. The molecule has 2 aliphatic rings. The van der Waals surface area contributed by atoms with E-state index in [1.807, 2.05) is 0 Å². The molecule has 1 atom stereocenters. The highest BCUT2D eigenvalue weighted by molar-refractivity contribution is 5.85. The molecule has 2 fully saturated rings. The molecule has 0 saturated carbocycles. The van der Waals surface area contributed by atoms with Crippen molar-refractivity contribution in [1.82, 2.24) is 15.1 Å². The molecule has 1 aromatic rings. The predicted molar refractivity (Wildman–Crippen MR) is 95.7 cm³/mol. The lowest BCUT2D eigenvalue weighted by Crippen LogP contribution is -2.50. The quantitative estimate of drug-likeness (QED) is 0.839. The monoisotopic (exact) mass is 401 g/mol. The van der Waals surface area contributed by atoms with Gasteiger partial charge in [-0.25, -0.2) is 0 Å². The van der Waals surface area contributed by atoms with E-state index in [1.165, 1.54) is 12.5 Å². The Hall–Kier alpha value is -0.730. The smallest absolute Gasteiger partial charge is 0.405 e. The minimum Gasteiger partial charge on any atom is -0.405 e. The lowest BCUT2D eigenvalue weighted by molar-refractivity contribution is -0.275. The number of piperazine rings is 1. The summed E-state index contributed by atoms with van der Waals surface area (Å²) in [6, 6.07) is 7.00. The average molecular weight is 402 g/mol. The Morgan fingerprint density at radius 2 is 1.76 bits per heavy atom. The minimum absolute atomic E-state index is 0. The third-order valence-electron chi connectivity index (χ3n) is 4.55. The molecule has 0 aliphatic carbocycles. The van der Waals surface area contributed by atoms with Crippen molar-refractivity contribution in [1.29, 1.82) is 0 Å². The van der Waals surface area contributed by atoms with Gasteiger partial charge in [0.05, 0.1) is 0 Å². The average Bonchev–Trinajstić information content (AvgIpc) is 3.03. The SMILES string of the molecule is Cl.Cl.FC(F)(F)Oc1ccccc1CN1CCN(C2CCNC2)CC1. The Balaban J connectivity index is 0.00000156. The van der Waals surface area contributed by atoms with E-state index in [2.05, 4.69) is 19.9 Å². The van der Waals surface area contributed by atoms with Gasteiger partial charge in [0.1, 0.15) is 5.75 Å². The van der Waals surface area contributed by atoms with E-state index in [0.29, 0.717) is 18.2 Å². The van der Waals surface area contributed by atoms with E-state index in [-0.39, 0.29) is 30.6 Å². The normalized spacial score (nSPS) is 22.1. The first-order valence-corrected chi connectivity index (χ1v) is 8.02. The van der Waals surface area contributed by atoms with E-state index in [4.69, 9.17) is 0 Å². The lowest BCUT2D eigenvalue weighted by Gasteiger charge is -2.38. The van der Waals surface area contributed by atoms with Gasteiger partial charge in [0.2, 0.25) is 0 Å². The molecule has 1 aromatic carbocycles. The van der Waals surface area contributed by atoms with E-state index in [0.717, 1.165) is 39.3 Å². The number of hydrogen-bond acceptors (Lipinski definition) is 4. The van der Waals surface area contributed by atoms with Crippen molar-refractivity contribution in [2.45, 2.75) is 25.4 Å². The number of alkyl halides is 3. The summed E-state index contributed by atoms with van der Waals surface area (Å²) in [7, 11) is 0. The van der Waals surface area contributed by atoms with Crippen LogP contribution in [0.4, 0.5) is 13.2 Å². The van der Waals surface area contributed by atoms with Crippen LogP contribution in [0, 0.1) is 0 Å². The Kier molecular flexibility index (Phi) is 8.77. The molecule has 25 heavy (non-hydrogen) atoms. The fourth-order valence-corrected chi connectivity index (χ4v) is 3.34. The van der Waals surface area contributed by atoms with Crippen LogP contribution < -0.4 is 10.1 Å². The highest BCUT2D eigenvalue weighted by atomic mass is 35.5. The van der Waals surface area contributed by atoms with Crippen molar-refractivity contribution >= 4 is 24.8 Å². The largest absolute Gasteiger partial charge is 0.573 e. The van der Waals surface area contributed by atoms with Crippen molar-refractivity contribution in [3.63, 3.8) is 0 Å². The Bertz CT molecular complexity index is 520. The van der Waals surface area contributed by atoms with Gasteiger partial charge in [0.25, 0.3) is 0 Å². The molecule has 2 aliphatic heterocycles. The number of nitrogens with zero attached hydrogens (tertiary/aromatic N) is 2. The summed E-state index contributed by atoms with van der Waals surface area (Å²) in [6.45, 7) is 6.29. The minimum atomic E-state index is -4.65. The number of hydrogen-bond donors (Lipinski definition) is 1. The maximum atomic E-state index is 12.5. The highest BCUT2D eigenvalue weighted by Crippen LogP contribution is 2.27. The molecular weight excluding hydrogens is 378 g/mol. The molecule has 0 aromatic heterocycles. The molecule has 1 unspecified atom stereocenters. The second-order valence-corrected chi connectivity index (χ2v) is 6.11. The van der Waals surface area contributed by atoms with Crippen LogP contribution in [-0.2, 0) is 6.54 Å². The number of para-hydroxylation sites is 1. The van der Waals surface area contributed by atoms with Crippen LogP contribution in [0.15, 0.2) is 24.3 Å². The van der Waals surface area contributed by atoms with Gasteiger partial charge in [-0.3, -0.25) is 9.80 Å². The van der Waals surface area contributed by atoms with Gasteiger partial charge < -0.3 is 10.1 Å². The summed E-state index contributed by atoms with van der Waals surface area (Å²) in [4.78, 5) is 4.67. The van der Waals surface area contributed by atoms with E-state index in [9.17, 15) is 13.2 Å². The molecule has 1 N–H and O–H groups in total. The highest BCUT2D eigenvalue weighted by Gasteiger charge is 2.32. The molecule has 3 rings (SSSR count). The van der Waals surface area contributed by atoms with Gasteiger partial charge >= 0.3 is 6.36 Å². The zero-order chi connectivity index (χ0) is 16.3. The van der Waals surface area contributed by atoms with Gasteiger partial charge in [0, 0.05) is 50.9 Å². The van der Waals surface area contributed by atoms with Crippen LogP contribution in [0.25, 0.3) is 0 Å². The van der Waals surface area contributed by atoms with Crippen molar-refractivity contribution in [2.24, 2.45) is 0 Å². The number of benzene rings is 1. The second kappa shape index (κ2) is 9.83. The molecule has 0 spiro atoms. The zero-order valence-corrected chi connectivity index (χ0v) is 15.4. The van der Waals surface area contributed by atoms with Crippen LogP contribution in [0.2, 0.25) is 0 Å². The number of ether oxygens (including phenoxy) is 1. The topological polar surface area (TPSA) is 27.7 Å². The van der Waals surface area contributed by atoms with E-state index >= 15 is 0 Å². The van der Waals surface area contributed by atoms with Gasteiger partial charge in [-0.15, -0.1) is 38.0 Å². The summed E-state index contributed by atoms with van der Waals surface area (Å²) >= 11 is 0. The van der Waals surface area contributed by atoms with Gasteiger partial charge in [-0.1, -0.05) is 18.2 Å². The maximum absolute atomic E-state index is 12.5. The first-order valence-electron chi connectivity index (χ1n) is 8.02. The van der Waals surface area contributed by atoms with E-state index in [1.54, 1.807) is 18.2 Å². The molecule has 0 bridgehead atoms. The van der Waals surface area contributed by atoms with Crippen molar-refractivity contribution in [2.75, 3.05) is 39.3 Å². The zero-order valence-electron chi connectivity index (χ0n) is 13.8. The van der Waals surface area contributed by atoms with Crippen LogP contribution >= 0.6 is 24.8 Å². The third-order valence-corrected chi connectivity index (χ3v) is 4.55. The molecule has 9 heteroatoms. The van der Waals surface area contributed by atoms with E-state index < -0.39 is 6.36 Å². The third kappa shape index (κ3) is 6.49. The molecular formula is C16H24Cl2F3N3O. The first kappa shape index (κ1) is 22.3. The van der Waals surface area contributed by atoms with Crippen molar-refractivity contribution < 1.29 is 17.9 Å². The van der Waals surface area contributed by atoms with Crippen LogP contribution in [0.5, 0.6) is 5.75 Å². The molecule has 0 amide bonds. The van der Waals surface area contributed by atoms with Crippen molar-refractivity contribution in [3.8, 4) is 5.75 Å². The summed E-state index contributed by atoms with van der Waals surface area (Å²) < 4.78 is 41.6. The Labute approximate surface area is 158 Å². The number of nitrogens with one attached hydrogen (secondary N) is 1. The number of halogens is 5.